The van der Waals surface area contributed by atoms with E-state index in [9.17, 15) is 10.1 Å². The third-order valence-electron chi connectivity index (χ3n) is 4.46. The van der Waals surface area contributed by atoms with Gasteiger partial charge in [0.25, 0.3) is 5.69 Å². The van der Waals surface area contributed by atoms with Gasteiger partial charge in [-0.25, -0.2) is 0 Å². The average Bonchev–Trinajstić information content (AvgIpc) is 2.72. The number of fused-ring (bicyclic) bond motifs is 1. The van der Waals surface area contributed by atoms with Crippen LogP contribution in [0.5, 0.6) is 0 Å². The highest BCUT2D eigenvalue weighted by atomic mass is 35.5. The normalized spacial score (nSPS) is 11.9. The van der Waals surface area contributed by atoms with E-state index in [-0.39, 0.29) is 11.7 Å². The monoisotopic (exact) mass is 390 g/mol. The lowest BCUT2D eigenvalue weighted by molar-refractivity contribution is -0.383. The first-order chi connectivity index (χ1) is 13.6. The van der Waals surface area contributed by atoms with Crippen LogP contribution in [0.3, 0.4) is 0 Å². The van der Waals surface area contributed by atoms with E-state index in [1.54, 1.807) is 24.5 Å². The number of aromatic nitrogens is 2. The van der Waals surface area contributed by atoms with Gasteiger partial charge in [-0.3, -0.25) is 20.1 Å². The fourth-order valence-corrected chi connectivity index (χ4v) is 3.38. The number of benzene rings is 2. The number of nitrogens with zero attached hydrogens (tertiary/aromatic N) is 3. The van der Waals surface area contributed by atoms with Crippen molar-refractivity contribution in [1.29, 1.82) is 0 Å². The van der Waals surface area contributed by atoms with Gasteiger partial charge in [0.15, 0.2) is 0 Å². The smallest absolute Gasteiger partial charge is 0.278 e. The lowest BCUT2D eigenvalue weighted by atomic mass is 10.0. The third-order valence-corrected chi connectivity index (χ3v) is 4.69. The molecule has 1 N–H and O–H groups in total. The van der Waals surface area contributed by atoms with Crippen molar-refractivity contribution in [2.24, 2.45) is 0 Å². The van der Waals surface area contributed by atoms with Gasteiger partial charge in [-0.05, 0) is 42.0 Å². The fraction of sp³-hybridized carbons (Fsp3) is 0.0476. The molecule has 7 heteroatoms. The second-order valence-corrected chi connectivity index (χ2v) is 6.63. The first-order valence-electron chi connectivity index (χ1n) is 8.57. The van der Waals surface area contributed by atoms with Crippen LogP contribution in [0.1, 0.15) is 17.3 Å². The number of hydrogen-bond donors (Lipinski definition) is 1. The lowest BCUT2D eigenvalue weighted by Crippen LogP contribution is -2.14. The molecule has 0 bridgehead atoms. The summed E-state index contributed by atoms with van der Waals surface area (Å²) in [6.07, 6.45) is 4.85. The van der Waals surface area contributed by atoms with Crippen LogP contribution in [0.15, 0.2) is 79.3 Å². The molecule has 138 valence electrons. The van der Waals surface area contributed by atoms with Gasteiger partial charge >= 0.3 is 0 Å². The van der Waals surface area contributed by atoms with E-state index in [0.717, 1.165) is 16.9 Å². The molecule has 1 unspecified atom stereocenters. The molecule has 4 rings (SSSR count). The van der Waals surface area contributed by atoms with Gasteiger partial charge < -0.3 is 5.32 Å². The lowest BCUT2D eigenvalue weighted by Gasteiger charge is -2.21. The summed E-state index contributed by atoms with van der Waals surface area (Å²) in [5.74, 6) is 0. The third kappa shape index (κ3) is 3.50. The quantitative estimate of drug-likeness (QED) is 0.365. The van der Waals surface area contributed by atoms with Crippen molar-refractivity contribution in [3.05, 3.63) is 106 Å². The van der Waals surface area contributed by atoms with Gasteiger partial charge in [0.2, 0.25) is 0 Å². The van der Waals surface area contributed by atoms with Crippen LogP contribution in [0, 0.1) is 10.1 Å². The standard InChI is InChI=1S/C21H15ClN4O2/c22-15-5-3-4-14(12-15)21(19-6-1-2-10-24-19)25-18-7-8-20(26(27)28)17-13-23-11-9-16(17)18/h1-13,21,25H. The minimum Gasteiger partial charge on any atom is -0.372 e. The van der Waals surface area contributed by atoms with Crippen molar-refractivity contribution in [3.8, 4) is 0 Å². The first kappa shape index (κ1) is 17.9. The van der Waals surface area contributed by atoms with Gasteiger partial charge in [0, 0.05) is 40.8 Å². The maximum Gasteiger partial charge on any atom is 0.278 e. The summed E-state index contributed by atoms with van der Waals surface area (Å²) in [4.78, 5) is 19.5. The van der Waals surface area contributed by atoms with E-state index in [0.29, 0.717) is 15.8 Å². The van der Waals surface area contributed by atoms with Crippen LogP contribution in [0.4, 0.5) is 11.4 Å². The fourth-order valence-electron chi connectivity index (χ4n) is 3.18. The summed E-state index contributed by atoms with van der Waals surface area (Å²) in [6.45, 7) is 0. The minimum atomic E-state index is -0.402. The Hall–Kier alpha value is -3.51. The predicted octanol–water partition coefficient (Wildman–Crippen LogP) is 5.39. The molecule has 6 nitrogen and oxygen atoms in total. The summed E-state index contributed by atoms with van der Waals surface area (Å²) in [5, 5.41) is 16.7. The Balaban J connectivity index is 1.84. The van der Waals surface area contributed by atoms with Crippen LogP contribution >= 0.6 is 11.6 Å². The van der Waals surface area contributed by atoms with E-state index >= 15 is 0 Å². The Labute approximate surface area is 166 Å². The minimum absolute atomic E-state index is 0.0193. The van der Waals surface area contributed by atoms with Crippen LogP contribution in [-0.2, 0) is 0 Å². The number of rotatable bonds is 5. The average molecular weight is 391 g/mol. The van der Waals surface area contributed by atoms with Crippen molar-refractivity contribution >= 4 is 33.7 Å². The number of nitro groups is 1. The molecular weight excluding hydrogens is 376 g/mol. The van der Waals surface area contributed by atoms with Gasteiger partial charge in [0.1, 0.15) is 0 Å². The molecule has 0 spiro atoms. The zero-order chi connectivity index (χ0) is 19.5. The molecule has 0 saturated heterocycles. The van der Waals surface area contributed by atoms with Crippen molar-refractivity contribution in [1.82, 2.24) is 9.97 Å². The summed E-state index contributed by atoms with van der Waals surface area (Å²) in [7, 11) is 0. The second-order valence-electron chi connectivity index (χ2n) is 6.20. The van der Waals surface area contributed by atoms with E-state index < -0.39 is 4.92 Å². The topological polar surface area (TPSA) is 81.0 Å². The van der Waals surface area contributed by atoms with Gasteiger partial charge in [-0.2, -0.15) is 0 Å². The summed E-state index contributed by atoms with van der Waals surface area (Å²) in [6, 6.07) is 17.9. The van der Waals surface area contributed by atoms with Gasteiger partial charge in [-0.15, -0.1) is 0 Å². The molecule has 0 amide bonds. The number of nitrogens with one attached hydrogen (secondary N) is 1. The molecule has 0 aliphatic rings. The van der Waals surface area contributed by atoms with Crippen molar-refractivity contribution in [3.63, 3.8) is 0 Å². The summed E-state index contributed by atoms with van der Waals surface area (Å²) in [5.41, 5.74) is 2.52. The molecule has 0 radical (unpaired) electrons. The van der Waals surface area contributed by atoms with Crippen LogP contribution < -0.4 is 5.32 Å². The molecular formula is C21H15ClN4O2. The SMILES string of the molecule is O=[N+]([O-])c1ccc(NC(c2cccc(Cl)c2)c2ccccn2)c2ccncc12. The first-order valence-corrected chi connectivity index (χ1v) is 8.95. The zero-order valence-corrected chi connectivity index (χ0v) is 15.4. The number of non-ortho nitro benzene ring substituents is 1. The van der Waals surface area contributed by atoms with Crippen LogP contribution in [-0.4, -0.2) is 14.9 Å². The molecule has 4 aromatic rings. The van der Waals surface area contributed by atoms with Crippen molar-refractivity contribution in [2.45, 2.75) is 6.04 Å². The highest BCUT2D eigenvalue weighted by Crippen LogP contribution is 2.34. The molecule has 0 saturated carbocycles. The highest BCUT2D eigenvalue weighted by molar-refractivity contribution is 6.30. The molecule has 0 fully saturated rings. The number of nitro benzene ring substituents is 1. The number of anilines is 1. The van der Waals surface area contributed by atoms with E-state index in [4.69, 9.17) is 11.6 Å². The van der Waals surface area contributed by atoms with Gasteiger partial charge in [-0.1, -0.05) is 29.8 Å². The molecule has 0 aliphatic heterocycles. The van der Waals surface area contributed by atoms with E-state index in [1.165, 1.54) is 12.3 Å². The molecule has 0 aliphatic carbocycles. The van der Waals surface area contributed by atoms with Crippen LogP contribution in [0.25, 0.3) is 10.8 Å². The molecule has 28 heavy (non-hydrogen) atoms. The number of hydrogen-bond acceptors (Lipinski definition) is 5. The maximum atomic E-state index is 11.4. The Bertz CT molecular complexity index is 1150. The van der Waals surface area contributed by atoms with E-state index in [1.807, 2.05) is 42.5 Å². The van der Waals surface area contributed by atoms with Crippen LogP contribution in [0.2, 0.25) is 5.02 Å². The molecule has 2 heterocycles. The van der Waals surface area contributed by atoms with Crippen molar-refractivity contribution in [2.75, 3.05) is 5.32 Å². The Morgan fingerprint density at radius 1 is 1.00 bits per heavy atom. The molecule has 2 aromatic heterocycles. The summed E-state index contributed by atoms with van der Waals surface area (Å²) < 4.78 is 0. The second kappa shape index (κ2) is 7.62. The number of halogens is 1. The summed E-state index contributed by atoms with van der Waals surface area (Å²) >= 11 is 6.20. The molecule has 2 aromatic carbocycles. The largest absolute Gasteiger partial charge is 0.372 e. The van der Waals surface area contributed by atoms with E-state index in [2.05, 4.69) is 15.3 Å². The Morgan fingerprint density at radius 3 is 2.64 bits per heavy atom. The van der Waals surface area contributed by atoms with Gasteiger partial charge in [0.05, 0.1) is 22.0 Å². The number of pyridine rings is 2. The maximum absolute atomic E-state index is 11.4. The molecule has 1 atom stereocenters. The van der Waals surface area contributed by atoms with Crippen molar-refractivity contribution < 1.29 is 4.92 Å². The zero-order valence-electron chi connectivity index (χ0n) is 14.6. The predicted molar refractivity (Wildman–Crippen MR) is 110 cm³/mol. The Kier molecular flexibility index (Phi) is 4.87. The highest BCUT2D eigenvalue weighted by Gasteiger charge is 2.19. The Morgan fingerprint density at radius 2 is 1.89 bits per heavy atom.